The van der Waals surface area contributed by atoms with Crippen LogP contribution in [-0.2, 0) is 25.2 Å². The van der Waals surface area contributed by atoms with Gasteiger partial charge in [0.1, 0.15) is 11.7 Å². The number of aromatic nitrogens is 1. The van der Waals surface area contributed by atoms with Gasteiger partial charge in [0, 0.05) is 17.1 Å². The molecule has 29 heavy (non-hydrogen) atoms. The third-order valence-electron chi connectivity index (χ3n) is 4.33. The van der Waals surface area contributed by atoms with Crippen LogP contribution in [0.5, 0.6) is 0 Å². The Kier molecular flexibility index (Phi) is 6.39. The van der Waals surface area contributed by atoms with E-state index in [0.717, 1.165) is 29.4 Å². The zero-order chi connectivity index (χ0) is 22.2. The molecule has 1 aromatic carbocycles. The second-order valence-electron chi connectivity index (χ2n) is 7.50. The van der Waals surface area contributed by atoms with Gasteiger partial charge in [-0.05, 0) is 39.3 Å². The van der Waals surface area contributed by atoms with Crippen LogP contribution >= 0.6 is 0 Å². The number of benzene rings is 1. The van der Waals surface area contributed by atoms with Crippen molar-refractivity contribution in [3.05, 3.63) is 35.5 Å². The van der Waals surface area contributed by atoms with Crippen molar-refractivity contribution in [2.45, 2.75) is 58.4 Å². The maximum Gasteiger partial charge on any atom is 0.419 e. The van der Waals surface area contributed by atoms with Gasteiger partial charge in [0.25, 0.3) is 10.1 Å². The smallest absolute Gasteiger partial charge is 0.419 e. The lowest BCUT2D eigenvalue weighted by molar-refractivity contribution is -0.137. The van der Waals surface area contributed by atoms with E-state index < -0.39 is 39.7 Å². The number of rotatable bonds is 6. The van der Waals surface area contributed by atoms with Crippen molar-refractivity contribution in [2.24, 2.45) is 0 Å². The highest BCUT2D eigenvalue weighted by molar-refractivity contribution is 7.86. The van der Waals surface area contributed by atoms with Crippen molar-refractivity contribution in [2.75, 3.05) is 6.26 Å². The molecule has 1 heterocycles. The summed E-state index contributed by atoms with van der Waals surface area (Å²) in [7, 11) is -3.82. The third kappa shape index (κ3) is 5.72. The minimum atomic E-state index is -4.61. The van der Waals surface area contributed by atoms with Crippen LogP contribution in [-0.4, -0.2) is 30.9 Å². The number of carbonyl (C=O) groups excluding carboxylic acids is 1. The molecule has 0 aliphatic rings. The number of fused-ring (bicyclic) bond motifs is 1. The molecule has 1 aromatic heterocycles. The fraction of sp³-hybridized carbons (Fsp3) is 0.526. The molecule has 2 rings (SSSR count). The van der Waals surface area contributed by atoms with Gasteiger partial charge >= 0.3 is 12.3 Å². The van der Waals surface area contributed by atoms with Gasteiger partial charge in [0.05, 0.1) is 17.3 Å². The van der Waals surface area contributed by atoms with Crippen molar-refractivity contribution >= 4 is 27.1 Å². The lowest BCUT2D eigenvalue weighted by Gasteiger charge is -2.24. The number of halogens is 3. The molecule has 0 aliphatic carbocycles. The summed E-state index contributed by atoms with van der Waals surface area (Å²) in [5, 5.41) is 0.263. The van der Waals surface area contributed by atoms with Crippen molar-refractivity contribution < 1.29 is 35.3 Å². The second-order valence-corrected chi connectivity index (χ2v) is 9.11. The van der Waals surface area contributed by atoms with Crippen molar-refractivity contribution in [3.8, 4) is 0 Å². The van der Waals surface area contributed by atoms with Gasteiger partial charge < -0.3 is 4.74 Å². The lowest BCUT2D eigenvalue weighted by atomic mass is 10.0. The summed E-state index contributed by atoms with van der Waals surface area (Å²) >= 11 is 0. The first-order valence-corrected chi connectivity index (χ1v) is 10.8. The van der Waals surface area contributed by atoms with Gasteiger partial charge in [-0.15, -0.1) is 0 Å². The normalized spacial score (nSPS) is 14.2. The average Bonchev–Trinajstić information content (AvgIpc) is 2.90. The van der Waals surface area contributed by atoms with Crippen LogP contribution in [0.1, 0.15) is 57.8 Å². The highest BCUT2D eigenvalue weighted by Gasteiger charge is 2.32. The topological polar surface area (TPSA) is 74.6 Å². The fourth-order valence-corrected chi connectivity index (χ4v) is 3.79. The van der Waals surface area contributed by atoms with Crippen molar-refractivity contribution in [1.29, 1.82) is 0 Å². The average molecular weight is 435 g/mol. The van der Waals surface area contributed by atoms with E-state index in [-0.39, 0.29) is 16.5 Å². The summed E-state index contributed by atoms with van der Waals surface area (Å²) in [6.45, 7) is 6.76. The van der Waals surface area contributed by atoms with Gasteiger partial charge in [-0.3, -0.25) is 8.75 Å². The molecular formula is C19H24F3NO5S. The largest absolute Gasteiger partial charge is 0.443 e. The van der Waals surface area contributed by atoms with Crippen molar-refractivity contribution in [1.82, 2.24) is 4.57 Å². The number of hydrogen-bond donors (Lipinski definition) is 0. The summed E-state index contributed by atoms with van der Waals surface area (Å²) < 4.78 is 73.9. The molecule has 0 spiro atoms. The first-order chi connectivity index (χ1) is 13.1. The fourth-order valence-electron chi connectivity index (χ4n) is 3.16. The highest BCUT2D eigenvalue weighted by Crippen LogP contribution is 2.35. The standard InChI is InChI=1S/C19H24F3NO5S/c1-6-9-18(3,4)27-17(24)23-11-15(12(2)28-29(5,25)26)14-8-7-13(10-16(14)23)19(20,21)22/h7-8,10-12H,6,9H2,1-5H3. The molecule has 0 N–H and O–H groups in total. The van der Waals surface area contributed by atoms with Crippen LogP contribution in [0.15, 0.2) is 24.4 Å². The molecule has 0 bridgehead atoms. The second kappa shape index (κ2) is 7.98. The molecule has 0 fully saturated rings. The van der Waals surface area contributed by atoms with Crippen LogP contribution in [0.2, 0.25) is 0 Å². The minimum Gasteiger partial charge on any atom is -0.443 e. The number of carbonyl (C=O) groups is 1. The van der Waals surface area contributed by atoms with E-state index in [2.05, 4.69) is 0 Å². The Morgan fingerprint density at radius 2 is 1.86 bits per heavy atom. The zero-order valence-electron chi connectivity index (χ0n) is 16.8. The summed E-state index contributed by atoms with van der Waals surface area (Å²) in [4.78, 5) is 12.7. The predicted octanol–water partition coefficient (Wildman–Crippen LogP) is 5.26. The Morgan fingerprint density at radius 3 is 2.38 bits per heavy atom. The van der Waals surface area contributed by atoms with Crippen LogP contribution in [0.25, 0.3) is 10.9 Å². The Bertz CT molecular complexity index is 1010. The quantitative estimate of drug-likeness (QED) is 0.579. The molecule has 0 amide bonds. The molecule has 6 nitrogen and oxygen atoms in total. The Hall–Kier alpha value is -2.07. The Balaban J connectivity index is 2.61. The molecule has 162 valence electrons. The molecule has 0 radical (unpaired) electrons. The van der Waals surface area contributed by atoms with E-state index >= 15 is 0 Å². The van der Waals surface area contributed by atoms with E-state index in [1.165, 1.54) is 19.2 Å². The third-order valence-corrected chi connectivity index (χ3v) is 4.97. The lowest BCUT2D eigenvalue weighted by Crippen LogP contribution is -2.30. The van der Waals surface area contributed by atoms with E-state index in [1.807, 2.05) is 6.92 Å². The Labute approximate surface area is 167 Å². The molecular weight excluding hydrogens is 411 g/mol. The van der Waals surface area contributed by atoms with Crippen LogP contribution in [0.4, 0.5) is 18.0 Å². The van der Waals surface area contributed by atoms with Gasteiger partial charge in [-0.25, -0.2) is 4.79 Å². The SMILES string of the molecule is CCCC(C)(C)OC(=O)n1cc(C(C)OS(C)(=O)=O)c2ccc(C(F)(F)F)cc21. The van der Waals surface area contributed by atoms with Crippen LogP contribution in [0.3, 0.4) is 0 Å². The van der Waals surface area contributed by atoms with Gasteiger partial charge in [0.2, 0.25) is 0 Å². The monoisotopic (exact) mass is 435 g/mol. The number of hydrogen-bond acceptors (Lipinski definition) is 5. The molecule has 0 aliphatic heterocycles. The van der Waals surface area contributed by atoms with Gasteiger partial charge in [0.15, 0.2) is 0 Å². The Morgan fingerprint density at radius 1 is 1.24 bits per heavy atom. The van der Waals surface area contributed by atoms with Crippen molar-refractivity contribution in [3.63, 3.8) is 0 Å². The molecule has 0 saturated carbocycles. The molecule has 0 saturated heterocycles. The highest BCUT2D eigenvalue weighted by atomic mass is 32.2. The van der Waals surface area contributed by atoms with E-state index in [9.17, 15) is 26.4 Å². The maximum absolute atomic E-state index is 13.2. The van der Waals surface area contributed by atoms with E-state index in [4.69, 9.17) is 8.92 Å². The molecule has 10 heteroatoms. The molecule has 1 unspecified atom stereocenters. The first kappa shape index (κ1) is 23.2. The first-order valence-electron chi connectivity index (χ1n) is 8.98. The maximum atomic E-state index is 13.2. The zero-order valence-corrected chi connectivity index (χ0v) is 17.6. The van der Waals surface area contributed by atoms with Crippen LogP contribution < -0.4 is 0 Å². The predicted molar refractivity (Wildman–Crippen MR) is 102 cm³/mol. The molecule has 1 atom stereocenters. The summed E-state index contributed by atoms with van der Waals surface area (Å²) in [5.74, 6) is 0. The van der Waals surface area contributed by atoms with Gasteiger partial charge in [-0.1, -0.05) is 19.4 Å². The minimum absolute atomic E-state index is 0.0453. The summed E-state index contributed by atoms with van der Waals surface area (Å²) in [6, 6.07) is 2.90. The van der Waals surface area contributed by atoms with Gasteiger partial charge in [-0.2, -0.15) is 21.6 Å². The number of alkyl halides is 3. The molecule has 2 aromatic rings. The van der Waals surface area contributed by atoms with E-state index in [1.54, 1.807) is 13.8 Å². The summed E-state index contributed by atoms with van der Waals surface area (Å²) in [6.07, 6.45) is -3.05. The number of ether oxygens (including phenoxy) is 1. The summed E-state index contributed by atoms with van der Waals surface area (Å²) in [5.41, 5.74) is -1.55. The van der Waals surface area contributed by atoms with Crippen LogP contribution in [0, 0.1) is 0 Å². The van der Waals surface area contributed by atoms with E-state index in [0.29, 0.717) is 6.42 Å². The number of nitrogens with zero attached hydrogens (tertiary/aromatic N) is 1.